The summed E-state index contributed by atoms with van der Waals surface area (Å²) >= 11 is 12.8. The first-order valence-corrected chi connectivity index (χ1v) is 11.8. The van der Waals surface area contributed by atoms with Crippen LogP contribution in [0.3, 0.4) is 0 Å². The average molecular weight is 508 g/mol. The van der Waals surface area contributed by atoms with Crippen molar-refractivity contribution in [1.29, 1.82) is 0 Å². The molecule has 0 spiro atoms. The Labute approximate surface area is 209 Å². The molecule has 6 rings (SSSR count). The molecule has 0 aromatic heterocycles. The molecule has 33 heavy (non-hydrogen) atoms. The van der Waals surface area contributed by atoms with Gasteiger partial charge in [-0.1, -0.05) is 41.8 Å². The average Bonchev–Trinajstić information content (AvgIpc) is 3.46. The third kappa shape index (κ3) is 3.34. The van der Waals surface area contributed by atoms with E-state index in [4.69, 9.17) is 33.7 Å². The highest BCUT2D eigenvalue weighted by Crippen LogP contribution is 2.50. The van der Waals surface area contributed by atoms with Crippen LogP contribution < -0.4 is 20.9 Å². The van der Waals surface area contributed by atoms with Gasteiger partial charge in [0.15, 0.2) is 5.66 Å². The Balaban J connectivity index is 0.00000228. The van der Waals surface area contributed by atoms with E-state index in [0.717, 1.165) is 35.7 Å². The molecule has 6 nitrogen and oxygen atoms in total. The molecule has 1 amide bonds. The van der Waals surface area contributed by atoms with Crippen LogP contribution in [0, 0.1) is 11.8 Å². The molecule has 0 radical (unpaired) electrons. The normalized spacial score (nSPS) is 28.1. The number of carbonyl (C=O) groups is 1. The lowest BCUT2D eigenvalue weighted by Gasteiger charge is -2.39. The van der Waals surface area contributed by atoms with Gasteiger partial charge in [0.2, 0.25) is 0 Å². The number of primary amides is 1. The highest BCUT2D eigenvalue weighted by Gasteiger charge is 2.58. The molecule has 2 fully saturated rings. The zero-order valence-electron chi connectivity index (χ0n) is 17.9. The first kappa shape index (κ1) is 22.8. The van der Waals surface area contributed by atoms with Gasteiger partial charge < -0.3 is 10.5 Å². The minimum atomic E-state index is -1.17. The number of nitrogens with zero attached hydrogens (tertiary/aromatic N) is 2. The first-order valence-electron chi connectivity index (χ1n) is 11.0. The van der Waals surface area contributed by atoms with Crippen molar-refractivity contribution in [2.75, 3.05) is 24.7 Å². The number of halogens is 3. The van der Waals surface area contributed by atoms with E-state index in [2.05, 4.69) is 10.3 Å². The number of hydrazine groups is 1. The van der Waals surface area contributed by atoms with E-state index in [0.29, 0.717) is 27.6 Å². The fourth-order valence-electron chi connectivity index (χ4n) is 5.96. The molecule has 0 bridgehead atoms. The van der Waals surface area contributed by atoms with Crippen LogP contribution in [0.2, 0.25) is 10.0 Å². The minimum absolute atomic E-state index is 0. The van der Waals surface area contributed by atoms with Gasteiger partial charge in [-0.15, -0.1) is 12.4 Å². The summed E-state index contributed by atoms with van der Waals surface area (Å²) in [6.07, 6.45) is 3.67. The quantitative estimate of drug-likeness (QED) is 0.642. The highest BCUT2D eigenvalue weighted by atomic mass is 35.5. The van der Waals surface area contributed by atoms with Crippen LogP contribution in [0.5, 0.6) is 5.75 Å². The number of nitrogens with one attached hydrogen (secondary N) is 1. The lowest BCUT2D eigenvalue weighted by Crippen LogP contribution is -2.67. The number of fused-ring (bicyclic) bond motifs is 3. The maximum atomic E-state index is 13.3. The van der Waals surface area contributed by atoms with Gasteiger partial charge in [0.25, 0.3) is 5.91 Å². The van der Waals surface area contributed by atoms with Gasteiger partial charge in [0, 0.05) is 29.2 Å². The van der Waals surface area contributed by atoms with Crippen molar-refractivity contribution in [3.05, 3.63) is 63.6 Å². The summed E-state index contributed by atoms with van der Waals surface area (Å²) in [6, 6.07) is 13.2. The summed E-state index contributed by atoms with van der Waals surface area (Å²) in [4.78, 5) is 15.5. The monoisotopic (exact) mass is 506 g/mol. The molecule has 3 atom stereocenters. The highest BCUT2D eigenvalue weighted by molar-refractivity contribution is 6.36. The molecule has 2 aromatic rings. The fraction of sp³-hybridized carbons (Fsp3) is 0.375. The maximum absolute atomic E-state index is 13.3. The number of nitrogens with two attached hydrogens (primary N) is 1. The van der Waals surface area contributed by atoms with Crippen molar-refractivity contribution in [2.24, 2.45) is 17.6 Å². The van der Waals surface area contributed by atoms with E-state index in [1.807, 2.05) is 35.3 Å². The zero-order valence-corrected chi connectivity index (χ0v) is 20.2. The van der Waals surface area contributed by atoms with Gasteiger partial charge in [-0.3, -0.25) is 14.7 Å². The smallest absolute Gasteiger partial charge is 0.259 e. The third-order valence-electron chi connectivity index (χ3n) is 7.44. The Hall–Kier alpha value is -1.96. The maximum Gasteiger partial charge on any atom is 0.259 e. The van der Waals surface area contributed by atoms with Gasteiger partial charge in [-0.25, -0.2) is 0 Å². The number of rotatable bonds is 3. The molecule has 9 heteroatoms. The molecule has 1 saturated heterocycles. The van der Waals surface area contributed by atoms with Crippen LogP contribution in [0.1, 0.15) is 24.8 Å². The second-order valence-corrected chi connectivity index (χ2v) is 9.93. The van der Waals surface area contributed by atoms with Gasteiger partial charge in [-0.2, -0.15) is 5.43 Å². The lowest BCUT2D eigenvalue weighted by molar-refractivity contribution is -0.129. The second kappa shape index (κ2) is 8.36. The standard InChI is InChI=1S/C24H24Cl2N4O2.ClH/c25-16-8-9-20(19(26)10-16)30-22-17-6-1-2-7-21(17)32-13-18(22)24(28-30,23(27)31)29-11-14-4-3-5-15(14)12-29;/h1-2,6-10,14-15,28H,3-5,11-13H2,(H2,27,31);1H. The van der Waals surface area contributed by atoms with Crippen molar-refractivity contribution < 1.29 is 9.53 Å². The van der Waals surface area contributed by atoms with Crippen molar-refractivity contribution in [2.45, 2.75) is 24.9 Å². The number of benzene rings is 2. The summed E-state index contributed by atoms with van der Waals surface area (Å²) in [5.41, 5.74) is 11.8. The topological polar surface area (TPSA) is 70.8 Å². The van der Waals surface area contributed by atoms with Crippen LogP contribution in [0.15, 0.2) is 48.0 Å². The molecule has 4 aliphatic rings. The molecule has 3 N–H and O–H groups in total. The van der Waals surface area contributed by atoms with Crippen molar-refractivity contribution in [1.82, 2.24) is 10.3 Å². The number of hydrogen-bond acceptors (Lipinski definition) is 5. The zero-order chi connectivity index (χ0) is 22.0. The number of carbonyl (C=O) groups excluding carboxylic acids is 1. The summed E-state index contributed by atoms with van der Waals surface area (Å²) in [5.74, 6) is 1.53. The van der Waals surface area contributed by atoms with E-state index in [1.165, 1.54) is 19.3 Å². The van der Waals surface area contributed by atoms with Gasteiger partial charge >= 0.3 is 0 Å². The molecule has 3 heterocycles. The number of anilines is 1. The second-order valence-electron chi connectivity index (χ2n) is 9.09. The number of ether oxygens (including phenoxy) is 1. The summed E-state index contributed by atoms with van der Waals surface area (Å²) in [6.45, 7) is 1.94. The Morgan fingerprint density at radius 1 is 1.12 bits per heavy atom. The SMILES string of the molecule is Cl.NC(=O)C1(N2CC3CCCC3C2)NN(c2ccc(Cl)cc2Cl)C2=C1COc1ccccc12. The van der Waals surface area contributed by atoms with E-state index in [9.17, 15) is 4.79 Å². The largest absolute Gasteiger partial charge is 0.488 e. The Morgan fingerprint density at radius 2 is 1.85 bits per heavy atom. The van der Waals surface area contributed by atoms with Gasteiger partial charge in [0.1, 0.15) is 12.4 Å². The van der Waals surface area contributed by atoms with E-state index in [-0.39, 0.29) is 19.0 Å². The summed E-state index contributed by atoms with van der Waals surface area (Å²) in [5, 5.41) is 2.93. The molecule has 2 aromatic carbocycles. The lowest BCUT2D eigenvalue weighted by atomic mass is 9.92. The Kier molecular flexibility index (Phi) is 5.78. The van der Waals surface area contributed by atoms with Crippen LogP contribution >= 0.6 is 35.6 Å². The summed E-state index contributed by atoms with van der Waals surface area (Å²) in [7, 11) is 0. The number of likely N-dealkylation sites (tertiary alicyclic amines) is 1. The molecule has 174 valence electrons. The van der Waals surface area contributed by atoms with Crippen LogP contribution in [0.25, 0.3) is 5.70 Å². The molecule has 3 unspecified atom stereocenters. The van der Waals surface area contributed by atoms with Crippen LogP contribution in [-0.4, -0.2) is 36.2 Å². The van der Waals surface area contributed by atoms with Crippen LogP contribution in [0.4, 0.5) is 5.69 Å². The van der Waals surface area contributed by atoms with Crippen molar-refractivity contribution in [3.8, 4) is 5.75 Å². The molecule has 3 aliphatic heterocycles. The summed E-state index contributed by atoms with van der Waals surface area (Å²) < 4.78 is 6.12. The Morgan fingerprint density at radius 3 is 2.55 bits per heavy atom. The number of hydrogen-bond donors (Lipinski definition) is 2. The molecular weight excluding hydrogens is 483 g/mol. The predicted molar refractivity (Wildman–Crippen MR) is 133 cm³/mol. The third-order valence-corrected chi connectivity index (χ3v) is 7.98. The van der Waals surface area contributed by atoms with Gasteiger partial charge in [-0.05, 0) is 55.0 Å². The molecular formula is C24H25Cl3N4O2. The molecule has 1 aliphatic carbocycles. The first-order chi connectivity index (χ1) is 15.5. The Bertz CT molecular complexity index is 1140. The number of para-hydroxylation sites is 1. The van der Waals surface area contributed by atoms with Gasteiger partial charge in [0.05, 0.1) is 16.4 Å². The van der Waals surface area contributed by atoms with Crippen LogP contribution in [-0.2, 0) is 4.79 Å². The van der Waals surface area contributed by atoms with E-state index >= 15 is 0 Å². The van der Waals surface area contributed by atoms with E-state index in [1.54, 1.807) is 12.1 Å². The number of amides is 1. The predicted octanol–water partition coefficient (Wildman–Crippen LogP) is 4.46. The molecule has 1 saturated carbocycles. The van der Waals surface area contributed by atoms with E-state index < -0.39 is 11.6 Å². The van der Waals surface area contributed by atoms with Crippen molar-refractivity contribution in [3.63, 3.8) is 0 Å². The fourth-order valence-corrected chi connectivity index (χ4v) is 6.45. The van der Waals surface area contributed by atoms with Crippen molar-refractivity contribution >= 4 is 52.9 Å². The minimum Gasteiger partial charge on any atom is -0.488 e.